The Bertz CT molecular complexity index is 453. The minimum Gasteiger partial charge on any atom is -0.481 e. The molecule has 1 aromatic rings. The van der Waals surface area contributed by atoms with E-state index in [1.54, 1.807) is 7.11 Å². The van der Waals surface area contributed by atoms with Gasteiger partial charge >= 0.3 is 0 Å². The van der Waals surface area contributed by atoms with Gasteiger partial charge in [0.15, 0.2) is 0 Å². The van der Waals surface area contributed by atoms with E-state index in [2.05, 4.69) is 28.2 Å². The minimum atomic E-state index is 0.705. The zero-order valence-corrected chi connectivity index (χ0v) is 13.2. The predicted molar refractivity (Wildman–Crippen MR) is 84.5 cm³/mol. The van der Waals surface area contributed by atoms with Crippen molar-refractivity contribution in [3.63, 3.8) is 0 Å². The molecule has 4 nitrogen and oxygen atoms in total. The van der Waals surface area contributed by atoms with E-state index in [4.69, 9.17) is 4.74 Å². The normalized spacial score (nSPS) is 28.0. The van der Waals surface area contributed by atoms with Gasteiger partial charge in [0.05, 0.1) is 12.8 Å². The molecule has 2 aliphatic rings. The summed E-state index contributed by atoms with van der Waals surface area (Å²) >= 11 is 0. The molecular weight excluding hydrogens is 262 g/mol. The number of pyridine rings is 1. The molecule has 0 amide bonds. The van der Waals surface area contributed by atoms with Gasteiger partial charge in [-0.15, -0.1) is 0 Å². The van der Waals surface area contributed by atoms with Gasteiger partial charge in [-0.2, -0.15) is 0 Å². The van der Waals surface area contributed by atoms with Crippen LogP contribution in [0.2, 0.25) is 0 Å². The molecule has 116 valence electrons. The van der Waals surface area contributed by atoms with Crippen LogP contribution < -0.4 is 10.1 Å². The Balaban J connectivity index is 1.68. The number of hydrogen-bond donors (Lipinski definition) is 1. The van der Waals surface area contributed by atoms with Crippen molar-refractivity contribution < 1.29 is 4.74 Å². The predicted octanol–water partition coefficient (Wildman–Crippen LogP) is 2.59. The lowest BCUT2D eigenvalue weighted by Gasteiger charge is -2.37. The van der Waals surface area contributed by atoms with E-state index in [1.165, 1.54) is 32.1 Å². The van der Waals surface area contributed by atoms with Gasteiger partial charge in [0, 0.05) is 30.7 Å². The molecule has 2 unspecified atom stereocenters. The van der Waals surface area contributed by atoms with Crippen LogP contribution in [0.5, 0.6) is 5.88 Å². The van der Waals surface area contributed by atoms with Gasteiger partial charge in [0.25, 0.3) is 0 Å². The van der Waals surface area contributed by atoms with Crippen LogP contribution in [0.15, 0.2) is 18.2 Å². The molecule has 0 spiro atoms. The topological polar surface area (TPSA) is 37.4 Å². The Morgan fingerprint density at radius 1 is 1.29 bits per heavy atom. The van der Waals surface area contributed by atoms with Crippen LogP contribution >= 0.6 is 0 Å². The highest BCUT2D eigenvalue weighted by Gasteiger charge is 2.35. The van der Waals surface area contributed by atoms with Crippen LogP contribution in [-0.2, 0) is 6.54 Å². The third-order valence-electron chi connectivity index (χ3n) is 4.83. The van der Waals surface area contributed by atoms with Crippen LogP contribution in [0.25, 0.3) is 0 Å². The molecule has 4 heteroatoms. The second kappa shape index (κ2) is 6.75. The van der Waals surface area contributed by atoms with Gasteiger partial charge in [-0.05, 0) is 44.7 Å². The Morgan fingerprint density at radius 3 is 2.71 bits per heavy atom. The molecule has 2 fully saturated rings. The maximum Gasteiger partial charge on any atom is 0.213 e. The maximum atomic E-state index is 5.25. The molecule has 3 heterocycles. The molecule has 1 N–H and O–H groups in total. The fourth-order valence-electron chi connectivity index (χ4n) is 3.87. The fraction of sp³-hybridized carbons (Fsp3) is 0.706. The van der Waals surface area contributed by atoms with Gasteiger partial charge < -0.3 is 10.1 Å². The number of hydrogen-bond acceptors (Lipinski definition) is 4. The summed E-state index contributed by atoms with van der Waals surface area (Å²) in [5.41, 5.74) is 1.12. The van der Waals surface area contributed by atoms with Crippen molar-refractivity contribution in [3.8, 4) is 5.88 Å². The summed E-state index contributed by atoms with van der Waals surface area (Å²) in [6.45, 7) is 4.36. The second-order valence-electron chi connectivity index (χ2n) is 6.40. The van der Waals surface area contributed by atoms with E-state index in [0.29, 0.717) is 11.9 Å². The molecule has 21 heavy (non-hydrogen) atoms. The molecule has 2 saturated heterocycles. The number of nitrogens with one attached hydrogen (secondary N) is 1. The highest BCUT2D eigenvalue weighted by atomic mass is 16.5. The van der Waals surface area contributed by atoms with E-state index in [0.717, 1.165) is 30.9 Å². The Kier molecular flexibility index (Phi) is 4.76. The molecule has 0 saturated carbocycles. The monoisotopic (exact) mass is 289 g/mol. The molecule has 2 aliphatic heterocycles. The number of ether oxygens (including phenoxy) is 1. The summed E-state index contributed by atoms with van der Waals surface area (Å²) in [5, 5.41) is 3.74. The maximum absolute atomic E-state index is 5.25. The smallest absolute Gasteiger partial charge is 0.213 e. The first-order valence-electron chi connectivity index (χ1n) is 8.28. The summed E-state index contributed by atoms with van der Waals surface area (Å²) < 4.78 is 5.25. The number of piperidine rings is 1. The molecule has 1 aromatic heterocycles. The number of methoxy groups -OCH3 is 1. The standard InChI is InChI=1S/C17H27N3O/c1-3-9-20(12-15-5-4-6-17(19-15)21-2)16-10-13-7-8-14(11-16)18-13/h4-6,13-14,16,18H,3,7-12H2,1-2H3. The van der Waals surface area contributed by atoms with Crippen LogP contribution in [0.3, 0.4) is 0 Å². The summed E-state index contributed by atoms with van der Waals surface area (Å²) in [6, 6.07) is 8.26. The fourth-order valence-corrected chi connectivity index (χ4v) is 3.87. The van der Waals surface area contributed by atoms with Crippen molar-refractivity contribution in [2.45, 2.75) is 63.7 Å². The Labute approximate surface area is 127 Å². The van der Waals surface area contributed by atoms with E-state index in [9.17, 15) is 0 Å². The second-order valence-corrected chi connectivity index (χ2v) is 6.40. The third kappa shape index (κ3) is 3.55. The Hall–Kier alpha value is -1.13. The first-order valence-corrected chi connectivity index (χ1v) is 8.28. The number of nitrogens with zero attached hydrogens (tertiary/aromatic N) is 2. The van der Waals surface area contributed by atoms with Crippen LogP contribution in [0.4, 0.5) is 0 Å². The van der Waals surface area contributed by atoms with E-state index < -0.39 is 0 Å². The number of aromatic nitrogens is 1. The Morgan fingerprint density at radius 2 is 2.05 bits per heavy atom. The summed E-state index contributed by atoms with van der Waals surface area (Å²) in [7, 11) is 1.68. The first-order chi connectivity index (χ1) is 10.3. The average molecular weight is 289 g/mol. The number of fused-ring (bicyclic) bond motifs is 2. The van der Waals surface area contributed by atoms with E-state index in [-0.39, 0.29) is 0 Å². The number of rotatable bonds is 6. The lowest BCUT2D eigenvalue weighted by atomic mass is 9.97. The van der Waals surface area contributed by atoms with Crippen molar-refractivity contribution in [1.29, 1.82) is 0 Å². The molecular formula is C17H27N3O. The highest BCUT2D eigenvalue weighted by molar-refractivity contribution is 5.15. The van der Waals surface area contributed by atoms with E-state index >= 15 is 0 Å². The van der Waals surface area contributed by atoms with Gasteiger partial charge in [-0.1, -0.05) is 13.0 Å². The van der Waals surface area contributed by atoms with Crippen molar-refractivity contribution in [2.24, 2.45) is 0 Å². The van der Waals surface area contributed by atoms with Gasteiger partial charge in [0.2, 0.25) is 5.88 Å². The average Bonchev–Trinajstić information content (AvgIpc) is 2.85. The van der Waals surface area contributed by atoms with E-state index in [1.807, 2.05) is 12.1 Å². The third-order valence-corrected chi connectivity index (χ3v) is 4.83. The van der Waals surface area contributed by atoms with Gasteiger partial charge in [-0.25, -0.2) is 4.98 Å². The van der Waals surface area contributed by atoms with Crippen molar-refractivity contribution in [2.75, 3.05) is 13.7 Å². The molecule has 2 bridgehead atoms. The summed E-state index contributed by atoms with van der Waals surface area (Å²) in [4.78, 5) is 7.22. The summed E-state index contributed by atoms with van der Waals surface area (Å²) in [5.74, 6) is 0.717. The minimum absolute atomic E-state index is 0.705. The largest absolute Gasteiger partial charge is 0.481 e. The van der Waals surface area contributed by atoms with Crippen LogP contribution in [0, 0.1) is 0 Å². The van der Waals surface area contributed by atoms with Crippen molar-refractivity contribution >= 4 is 0 Å². The van der Waals surface area contributed by atoms with Gasteiger partial charge in [0.1, 0.15) is 0 Å². The summed E-state index contributed by atoms with van der Waals surface area (Å²) in [6.07, 6.45) is 6.50. The van der Waals surface area contributed by atoms with Crippen molar-refractivity contribution in [3.05, 3.63) is 23.9 Å². The quantitative estimate of drug-likeness (QED) is 0.873. The molecule has 3 rings (SSSR count). The van der Waals surface area contributed by atoms with Crippen LogP contribution in [0.1, 0.15) is 44.7 Å². The first kappa shape index (κ1) is 14.8. The lowest BCUT2D eigenvalue weighted by Crippen LogP contribution is -2.48. The van der Waals surface area contributed by atoms with Crippen LogP contribution in [-0.4, -0.2) is 41.7 Å². The zero-order valence-electron chi connectivity index (χ0n) is 13.2. The highest BCUT2D eigenvalue weighted by Crippen LogP contribution is 2.30. The lowest BCUT2D eigenvalue weighted by molar-refractivity contribution is 0.132. The molecule has 0 radical (unpaired) electrons. The van der Waals surface area contributed by atoms with Gasteiger partial charge in [-0.3, -0.25) is 4.90 Å². The van der Waals surface area contributed by atoms with Crippen molar-refractivity contribution in [1.82, 2.24) is 15.2 Å². The molecule has 0 aromatic carbocycles. The molecule has 2 atom stereocenters. The zero-order chi connectivity index (χ0) is 14.7. The molecule has 0 aliphatic carbocycles. The SMILES string of the molecule is CCCN(Cc1cccc(OC)n1)C1CC2CCC(C1)N2.